The summed E-state index contributed by atoms with van der Waals surface area (Å²) < 4.78 is 11.4. The molecular weight excluding hydrogens is 362 g/mol. The minimum atomic E-state index is -0.219. The van der Waals surface area contributed by atoms with Crippen LogP contribution in [0.2, 0.25) is 0 Å². The summed E-state index contributed by atoms with van der Waals surface area (Å²) in [6, 6.07) is 10.4. The number of hydrogen-bond acceptors (Lipinski definition) is 4. The van der Waals surface area contributed by atoms with Gasteiger partial charge in [0.05, 0.1) is 5.56 Å². The Bertz CT molecular complexity index is 747. The summed E-state index contributed by atoms with van der Waals surface area (Å²) in [5.41, 5.74) is 1.22. The van der Waals surface area contributed by atoms with Gasteiger partial charge in [0.15, 0.2) is 11.5 Å². The van der Waals surface area contributed by atoms with Gasteiger partial charge in [0, 0.05) is 17.6 Å². The van der Waals surface area contributed by atoms with E-state index in [1.54, 1.807) is 17.0 Å². The second kappa shape index (κ2) is 6.50. The summed E-state index contributed by atoms with van der Waals surface area (Å²) in [5.74, 6) is 1.16. The van der Waals surface area contributed by atoms with E-state index in [1.807, 2.05) is 25.1 Å². The van der Waals surface area contributed by atoms with Crippen LogP contribution in [0.25, 0.3) is 0 Å². The molecule has 2 aromatic rings. The van der Waals surface area contributed by atoms with Crippen molar-refractivity contribution in [1.29, 1.82) is 0 Å². The summed E-state index contributed by atoms with van der Waals surface area (Å²) >= 11 is 3.32. The van der Waals surface area contributed by atoms with Crippen LogP contribution in [0.5, 0.6) is 17.2 Å². The van der Waals surface area contributed by atoms with Gasteiger partial charge in [0.25, 0.3) is 5.91 Å². The molecule has 1 N–H and O–H groups in total. The number of carbonyl (C=O) groups is 1. The number of nitrogens with zero attached hydrogens (tertiary/aromatic N) is 1. The van der Waals surface area contributed by atoms with Crippen molar-refractivity contribution in [3.63, 3.8) is 0 Å². The molecule has 0 unspecified atom stereocenters. The zero-order valence-corrected chi connectivity index (χ0v) is 14.2. The summed E-state index contributed by atoms with van der Waals surface area (Å²) in [5, 5.41) is 9.94. The van der Waals surface area contributed by atoms with Crippen LogP contribution in [-0.4, -0.2) is 29.3 Å². The van der Waals surface area contributed by atoms with Gasteiger partial charge in [-0.1, -0.05) is 22.0 Å². The molecule has 0 fully saturated rings. The molecule has 23 heavy (non-hydrogen) atoms. The van der Waals surface area contributed by atoms with Gasteiger partial charge in [0.1, 0.15) is 5.75 Å². The zero-order valence-electron chi connectivity index (χ0n) is 12.6. The Labute approximate surface area is 142 Å². The molecule has 0 aliphatic carbocycles. The maximum absolute atomic E-state index is 12.7. The molecule has 120 valence electrons. The van der Waals surface area contributed by atoms with Gasteiger partial charge < -0.3 is 19.5 Å². The molecule has 0 atom stereocenters. The lowest BCUT2D eigenvalue weighted by Gasteiger charge is -2.22. The molecule has 0 saturated carbocycles. The summed E-state index contributed by atoms with van der Waals surface area (Å²) in [6.07, 6.45) is 0. The van der Waals surface area contributed by atoms with E-state index in [0.717, 1.165) is 10.0 Å². The van der Waals surface area contributed by atoms with Gasteiger partial charge in [-0.2, -0.15) is 0 Å². The third-order valence-electron chi connectivity index (χ3n) is 3.67. The fraction of sp³-hybridized carbons (Fsp3) is 0.235. The maximum Gasteiger partial charge on any atom is 0.257 e. The van der Waals surface area contributed by atoms with E-state index in [2.05, 4.69) is 15.9 Å². The third-order valence-corrected chi connectivity index (χ3v) is 4.16. The van der Waals surface area contributed by atoms with Crippen molar-refractivity contribution >= 4 is 21.8 Å². The van der Waals surface area contributed by atoms with Gasteiger partial charge in [-0.05, 0) is 42.8 Å². The first kappa shape index (κ1) is 15.7. The van der Waals surface area contributed by atoms with Crippen LogP contribution in [0.1, 0.15) is 22.8 Å². The van der Waals surface area contributed by atoms with E-state index in [-0.39, 0.29) is 24.0 Å². The average molecular weight is 378 g/mol. The number of halogens is 1. The molecular formula is C17H16BrNO4. The van der Waals surface area contributed by atoms with Crippen LogP contribution in [0.3, 0.4) is 0 Å². The highest BCUT2D eigenvalue weighted by atomic mass is 79.9. The number of fused-ring (bicyclic) bond motifs is 1. The highest BCUT2D eigenvalue weighted by molar-refractivity contribution is 9.10. The largest absolute Gasteiger partial charge is 0.507 e. The van der Waals surface area contributed by atoms with Gasteiger partial charge in [-0.25, -0.2) is 0 Å². The molecule has 0 saturated heterocycles. The topological polar surface area (TPSA) is 59.0 Å². The molecule has 6 heteroatoms. The standard InChI is InChI=1S/C17H16BrNO4/c1-2-19(17(21)13-8-12(18)4-5-14(13)20)9-11-3-6-15-16(7-11)23-10-22-15/h3-8,20H,2,9-10H2,1H3. The highest BCUT2D eigenvalue weighted by Gasteiger charge is 2.20. The van der Waals surface area contributed by atoms with Crippen molar-refractivity contribution < 1.29 is 19.4 Å². The molecule has 1 heterocycles. The van der Waals surface area contributed by atoms with Crippen molar-refractivity contribution in [2.24, 2.45) is 0 Å². The van der Waals surface area contributed by atoms with Crippen molar-refractivity contribution in [2.45, 2.75) is 13.5 Å². The van der Waals surface area contributed by atoms with E-state index in [1.165, 1.54) is 6.07 Å². The predicted molar refractivity (Wildman–Crippen MR) is 88.8 cm³/mol. The lowest BCUT2D eigenvalue weighted by molar-refractivity contribution is 0.0749. The number of carbonyl (C=O) groups excluding carboxylic acids is 1. The van der Waals surface area contributed by atoms with Gasteiger partial charge in [-0.15, -0.1) is 0 Å². The number of phenols is 1. The van der Waals surface area contributed by atoms with Crippen LogP contribution in [-0.2, 0) is 6.54 Å². The zero-order chi connectivity index (χ0) is 16.4. The fourth-order valence-corrected chi connectivity index (χ4v) is 2.80. The fourth-order valence-electron chi connectivity index (χ4n) is 2.44. The average Bonchev–Trinajstić information content (AvgIpc) is 3.02. The van der Waals surface area contributed by atoms with Crippen LogP contribution in [0.15, 0.2) is 40.9 Å². The number of hydrogen-bond donors (Lipinski definition) is 1. The van der Waals surface area contributed by atoms with E-state index in [0.29, 0.717) is 24.6 Å². The van der Waals surface area contributed by atoms with Crippen molar-refractivity contribution in [2.75, 3.05) is 13.3 Å². The molecule has 0 spiro atoms. The number of aromatic hydroxyl groups is 1. The summed E-state index contributed by atoms with van der Waals surface area (Å²) in [7, 11) is 0. The Morgan fingerprint density at radius 1 is 1.22 bits per heavy atom. The second-order valence-corrected chi connectivity index (χ2v) is 6.08. The van der Waals surface area contributed by atoms with Gasteiger partial charge in [0.2, 0.25) is 6.79 Å². The molecule has 2 aromatic carbocycles. The molecule has 1 aliphatic heterocycles. The Kier molecular flexibility index (Phi) is 4.43. The second-order valence-electron chi connectivity index (χ2n) is 5.17. The summed E-state index contributed by atoms with van der Waals surface area (Å²) in [6.45, 7) is 3.08. The maximum atomic E-state index is 12.7. The molecule has 3 rings (SSSR count). The molecule has 5 nitrogen and oxygen atoms in total. The number of benzene rings is 2. The number of ether oxygens (including phenoxy) is 2. The van der Waals surface area contributed by atoms with Crippen LogP contribution in [0, 0.1) is 0 Å². The Morgan fingerprint density at radius 2 is 2.00 bits per heavy atom. The Morgan fingerprint density at radius 3 is 2.78 bits per heavy atom. The first-order valence-corrected chi connectivity index (χ1v) is 8.04. The van der Waals surface area contributed by atoms with Crippen molar-refractivity contribution in [3.05, 3.63) is 52.0 Å². The Balaban J connectivity index is 1.82. The van der Waals surface area contributed by atoms with Gasteiger partial charge >= 0.3 is 0 Å². The van der Waals surface area contributed by atoms with Crippen LogP contribution < -0.4 is 9.47 Å². The molecule has 1 amide bonds. The van der Waals surface area contributed by atoms with E-state index >= 15 is 0 Å². The van der Waals surface area contributed by atoms with E-state index < -0.39 is 0 Å². The quantitative estimate of drug-likeness (QED) is 0.884. The molecule has 0 radical (unpaired) electrons. The predicted octanol–water partition coefficient (Wildman–Crippen LogP) is 3.55. The minimum Gasteiger partial charge on any atom is -0.507 e. The number of rotatable bonds is 4. The van der Waals surface area contributed by atoms with Gasteiger partial charge in [-0.3, -0.25) is 4.79 Å². The number of amides is 1. The lowest BCUT2D eigenvalue weighted by atomic mass is 10.1. The normalized spacial score (nSPS) is 12.3. The smallest absolute Gasteiger partial charge is 0.257 e. The Hall–Kier alpha value is -2.21. The first-order valence-electron chi connectivity index (χ1n) is 7.25. The molecule has 0 bridgehead atoms. The third kappa shape index (κ3) is 3.27. The monoisotopic (exact) mass is 377 g/mol. The van der Waals surface area contributed by atoms with Crippen molar-refractivity contribution in [3.8, 4) is 17.2 Å². The van der Waals surface area contributed by atoms with Crippen LogP contribution >= 0.6 is 15.9 Å². The van der Waals surface area contributed by atoms with E-state index in [9.17, 15) is 9.90 Å². The van der Waals surface area contributed by atoms with E-state index in [4.69, 9.17) is 9.47 Å². The molecule has 0 aromatic heterocycles. The SMILES string of the molecule is CCN(Cc1ccc2c(c1)OCO2)C(=O)c1cc(Br)ccc1O. The first-order chi connectivity index (χ1) is 11.1. The van der Waals surface area contributed by atoms with Crippen LogP contribution in [0.4, 0.5) is 0 Å². The summed E-state index contributed by atoms with van der Waals surface area (Å²) in [4.78, 5) is 14.3. The lowest BCUT2D eigenvalue weighted by Crippen LogP contribution is -2.30. The minimum absolute atomic E-state index is 0.0256. The highest BCUT2D eigenvalue weighted by Crippen LogP contribution is 2.33. The number of phenolic OH excluding ortho intramolecular Hbond substituents is 1. The molecule has 1 aliphatic rings. The van der Waals surface area contributed by atoms with Crippen molar-refractivity contribution in [1.82, 2.24) is 4.90 Å².